The molecule has 1 aromatic rings. The summed E-state index contributed by atoms with van der Waals surface area (Å²) in [6.07, 6.45) is 1.14. The molecule has 0 saturated carbocycles. The van der Waals surface area contributed by atoms with E-state index in [1.54, 1.807) is 0 Å². The summed E-state index contributed by atoms with van der Waals surface area (Å²) in [5, 5.41) is 6.97. The van der Waals surface area contributed by atoms with Gasteiger partial charge in [-0.1, -0.05) is 24.3 Å². The molecular weight excluding hydrogens is 340 g/mol. The molecule has 2 aliphatic heterocycles. The van der Waals surface area contributed by atoms with Crippen LogP contribution in [0, 0.1) is 12.8 Å². The number of aryl methyl sites for hydroxylation is 1. The molecule has 0 spiro atoms. The Hall–Kier alpha value is -1.63. The van der Waals surface area contributed by atoms with E-state index in [0.29, 0.717) is 18.5 Å². The highest BCUT2D eigenvalue weighted by molar-refractivity contribution is 5.79. The molecule has 0 aliphatic carbocycles. The third-order valence-electron chi connectivity index (χ3n) is 5.52. The van der Waals surface area contributed by atoms with E-state index in [-0.39, 0.29) is 0 Å². The minimum atomic E-state index is 0.457. The van der Waals surface area contributed by atoms with E-state index in [0.717, 1.165) is 65.0 Å². The molecule has 2 aliphatic rings. The van der Waals surface area contributed by atoms with Crippen LogP contribution in [0.2, 0.25) is 0 Å². The van der Waals surface area contributed by atoms with Gasteiger partial charge in [0.05, 0.1) is 26.4 Å². The van der Waals surface area contributed by atoms with E-state index in [2.05, 4.69) is 53.6 Å². The number of morpholine rings is 1. The van der Waals surface area contributed by atoms with Gasteiger partial charge in [-0.2, -0.15) is 0 Å². The Balaban J connectivity index is 1.62. The molecule has 2 saturated heterocycles. The standard InChI is InChI=1S/C21H34N4O2/c1-3-22-21(23-14-18-7-5-4-6-17(18)2)24-15-20(19-8-11-27-16-19)25-9-12-26-13-10-25/h4-7,19-20H,3,8-16H2,1-2H3,(H2,22,23,24). The maximum atomic E-state index is 5.67. The van der Waals surface area contributed by atoms with Crippen LogP contribution in [0.5, 0.6) is 0 Å². The van der Waals surface area contributed by atoms with E-state index in [1.807, 2.05) is 0 Å². The zero-order valence-electron chi connectivity index (χ0n) is 16.7. The molecule has 2 atom stereocenters. The first kappa shape index (κ1) is 20.1. The van der Waals surface area contributed by atoms with Crippen LogP contribution in [0.15, 0.2) is 29.3 Å². The van der Waals surface area contributed by atoms with Gasteiger partial charge in [-0.15, -0.1) is 0 Å². The zero-order valence-corrected chi connectivity index (χ0v) is 16.7. The first-order valence-electron chi connectivity index (χ1n) is 10.2. The smallest absolute Gasteiger partial charge is 0.191 e. The normalized spacial score (nSPS) is 22.6. The molecule has 2 unspecified atom stereocenters. The second kappa shape index (κ2) is 10.6. The Morgan fingerprint density at radius 1 is 1.19 bits per heavy atom. The predicted molar refractivity (Wildman–Crippen MR) is 109 cm³/mol. The van der Waals surface area contributed by atoms with Crippen LogP contribution in [0.3, 0.4) is 0 Å². The van der Waals surface area contributed by atoms with Crippen LogP contribution in [-0.4, -0.2) is 69.5 Å². The number of hydrogen-bond acceptors (Lipinski definition) is 4. The third kappa shape index (κ3) is 5.92. The van der Waals surface area contributed by atoms with Gasteiger partial charge < -0.3 is 20.1 Å². The lowest BCUT2D eigenvalue weighted by Gasteiger charge is -2.37. The predicted octanol–water partition coefficient (Wildman–Crippen LogP) is 1.79. The van der Waals surface area contributed by atoms with Gasteiger partial charge in [-0.3, -0.25) is 4.90 Å². The molecule has 1 aromatic carbocycles. The molecule has 2 heterocycles. The van der Waals surface area contributed by atoms with Crippen molar-refractivity contribution in [2.45, 2.75) is 32.9 Å². The summed E-state index contributed by atoms with van der Waals surface area (Å²) < 4.78 is 11.2. The molecule has 2 fully saturated rings. The summed E-state index contributed by atoms with van der Waals surface area (Å²) in [4.78, 5) is 7.36. The van der Waals surface area contributed by atoms with Crippen molar-refractivity contribution in [2.75, 3.05) is 52.6 Å². The van der Waals surface area contributed by atoms with Crippen molar-refractivity contribution < 1.29 is 9.47 Å². The van der Waals surface area contributed by atoms with Gasteiger partial charge in [0.15, 0.2) is 5.96 Å². The number of benzene rings is 1. The first-order valence-corrected chi connectivity index (χ1v) is 10.2. The van der Waals surface area contributed by atoms with Crippen molar-refractivity contribution >= 4 is 5.96 Å². The summed E-state index contributed by atoms with van der Waals surface area (Å²) >= 11 is 0. The Morgan fingerprint density at radius 2 is 2.00 bits per heavy atom. The Morgan fingerprint density at radius 3 is 2.70 bits per heavy atom. The van der Waals surface area contributed by atoms with Crippen molar-refractivity contribution in [3.05, 3.63) is 35.4 Å². The minimum Gasteiger partial charge on any atom is -0.381 e. The van der Waals surface area contributed by atoms with Crippen molar-refractivity contribution in [3.8, 4) is 0 Å². The number of guanidine groups is 1. The molecule has 0 bridgehead atoms. The maximum absolute atomic E-state index is 5.67. The summed E-state index contributed by atoms with van der Waals surface area (Å²) in [6.45, 7) is 12.1. The van der Waals surface area contributed by atoms with Crippen molar-refractivity contribution in [1.82, 2.24) is 15.5 Å². The molecule has 6 nitrogen and oxygen atoms in total. The average molecular weight is 375 g/mol. The number of aliphatic imine (C=N–C) groups is 1. The van der Waals surface area contributed by atoms with Gasteiger partial charge in [-0.25, -0.2) is 4.99 Å². The van der Waals surface area contributed by atoms with E-state index in [4.69, 9.17) is 14.5 Å². The summed E-state index contributed by atoms with van der Waals surface area (Å²) in [5.41, 5.74) is 2.55. The molecule has 0 aromatic heterocycles. The topological polar surface area (TPSA) is 58.1 Å². The lowest BCUT2D eigenvalue weighted by molar-refractivity contribution is 0.00246. The van der Waals surface area contributed by atoms with E-state index in [9.17, 15) is 0 Å². The number of ether oxygens (including phenoxy) is 2. The SMILES string of the molecule is CCNC(=NCc1ccccc1C)NCC(C1CCOC1)N1CCOCC1. The van der Waals surface area contributed by atoms with E-state index < -0.39 is 0 Å². The summed E-state index contributed by atoms with van der Waals surface area (Å²) in [5.74, 6) is 1.47. The second-order valence-electron chi connectivity index (χ2n) is 7.34. The molecule has 2 N–H and O–H groups in total. The number of nitrogens with one attached hydrogen (secondary N) is 2. The summed E-state index contributed by atoms with van der Waals surface area (Å²) in [6, 6.07) is 8.89. The third-order valence-corrected chi connectivity index (χ3v) is 5.52. The average Bonchev–Trinajstić information content (AvgIpc) is 3.22. The fourth-order valence-corrected chi connectivity index (χ4v) is 3.85. The highest BCUT2D eigenvalue weighted by atomic mass is 16.5. The highest BCUT2D eigenvalue weighted by Gasteiger charge is 2.31. The monoisotopic (exact) mass is 374 g/mol. The molecule has 0 amide bonds. The molecule has 6 heteroatoms. The molecule has 27 heavy (non-hydrogen) atoms. The maximum Gasteiger partial charge on any atom is 0.191 e. The quantitative estimate of drug-likeness (QED) is 0.563. The van der Waals surface area contributed by atoms with Gasteiger partial charge in [0.25, 0.3) is 0 Å². The Bertz CT molecular complexity index is 596. The largest absolute Gasteiger partial charge is 0.381 e. The van der Waals surface area contributed by atoms with Crippen LogP contribution in [0.25, 0.3) is 0 Å². The molecule has 3 rings (SSSR count). The minimum absolute atomic E-state index is 0.457. The van der Waals surface area contributed by atoms with Gasteiger partial charge in [0.2, 0.25) is 0 Å². The number of hydrogen-bond donors (Lipinski definition) is 2. The highest BCUT2D eigenvalue weighted by Crippen LogP contribution is 2.21. The van der Waals surface area contributed by atoms with Crippen LogP contribution in [-0.2, 0) is 16.0 Å². The van der Waals surface area contributed by atoms with Crippen molar-refractivity contribution in [3.63, 3.8) is 0 Å². The Labute approximate surface area is 163 Å². The van der Waals surface area contributed by atoms with Crippen LogP contribution in [0.4, 0.5) is 0 Å². The van der Waals surface area contributed by atoms with Crippen molar-refractivity contribution in [1.29, 1.82) is 0 Å². The van der Waals surface area contributed by atoms with Crippen LogP contribution < -0.4 is 10.6 Å². The lowest BCUT2D eigenvalue weighted by atomic mass is 9.97. The first-order chi connectivity index (χ1) is 13.3. The molecule has 0 radical (unpaired) electrons. The molecular formula is C21H34N4O2. The summed E-state index contributed by atoms with van der Waals surface area (Å²) in [7, 11) is 0. The fraction of sp³-hybridized carbons (Fsp3) is 0.667. The van der Waals surface area contributed by atoms with E-state index in [1.165, 1.54) is 11.1 Å². The number of rotatable bonds is 7. The zero-order chi connectivity index (χ0) is 18.9. The van der Waals surface area contributed by atoms with Gasteiger partial charge in [0.1, 0.15) is 0 Å². The van der Waals surface area contributed by atoms with Crippen molar-refractivity contribution in [2.24, 2.45) is 10.9 Å². The lowest BCUT2D eigenvalue weighted by Crippen LogP contribution is -2.53. The van der Waals surface area contributed by atoms with Gasteiger partial charge in [0, 0.05) is 44.7 Å². The Kier molecular flexibility index (Phi) is 7.93. The second-order valence-corrected chi connectivity index (χ2v) is 7.34. The van der Waals surface area contributed by atoms with E-state index >= 15 is 0 Å². The van der Waals surface area contributed by atoms with Crippen LogP contribution >= 0.6 is 0 Å². The molecule has 150 valence electrons. The fourth-order valence-electron chi connectivity index (χ4n) is 3.85. The number of nitrogens with zero attached hydrogens (tertiary/aromatic N) is 2. The van der Waals surface area contributed by atoms with Crippen LogP contribution in [0.1, 0.15) is 24.5 Å². The van der Waals surface area contributed by atoms with Gasteiger partial charge >= 0.3 is 0 Å². The van der Waals surface area contributed by atoms with Gasteiger partial charge in [-0.05, 0) is 31.4 Å².